The van der Waals surface area contributed by atoms with Crippen LogP contribution in [-0.2, 0) is 54.7 Å². The highest BCUT2D eigenvalue weighted by molar-refractivity contribution is 7.98. The molecule has 22 nitrogen and oxygen atoms in total. The molecule has 0 spiro atoms. The zero-order valence-corrected chi connectivity index (χ0v) is 36.8. The van der Waals surface area contributed by atoms with Crippen LogP contribution in [0.5, 0.6) is 0 Å². The normalized spacial score (nSPS) is 24.7. The number of carbonyl (C=O) groups is 9. The fraction of sp³-hybridized carbons (Fsp3) is 0.605. The first-order valence-corrected chi connectivity index (χ1v) is 22.2. The molecule has 2 aliphatic heterocycles. The number of benzene rings is 1. The second kappa shape index (κ2) is 26.5. The SMILES string of the molecule is C[C@H](NC(=O)[C@@H]1CSCc2ccc(cc2)CSC[C@H](NC(=O)[C@@H](N)CCCCN)C(=O)N[C@@H](CC(N)=O)C(=O)N[C@@H]([C@@H](C)O)C(=O)N[C@@H](C)C(=O)N[C@@H]([C@@H](C)O)C(=O)N1)C(N)=O. The highest BCUT2D eigenvalue weighted by atomic mass is 32.2. The van der Waals surface area contributed by atoms with E-state index in [0.717, 1.165) is 18.1 Å². The molecular formula is C38H61N11O11S2. The summed E-state index contributed by atoms with van der Waals surface area (Å²) < 4.78 is 0. The minimum atomic E-state index is -1.78. The van der Waals surface area contributed by atoms with Gasteiger partial charge in [-0.15, -0.1) is 0 Å². The number of fused-ring (bicyclic) bond motifs is 23. The van der Waals surface area contributed by atoms with Crippen LogP contribution in [0.3, 0.4) is 0 Å². The number of nitrogens with two attached hydrogens (primary N) is 4. The summed E-state index contributed by atoms with van der Waals surface area (Å²) in [6.45, 7) is 5.30. The number of amides is 9. The van der Waals surface area contributed by atoms with Crippen molar-refractivity contribution in [1.82, 2.24) is 37.2 Å². The molecule has 1 aromatic carbocycles. The standard InChI is InChI=1S/C38H61N11O11S2/c1-18(31(42)53)43-35(57)26-16-61-14-22-8-10-23(11-9-22)15-62-17-27(46-33(55)24(40)7-5-6-12-39)36(58)45-25(13-28(41)52)34(56)49-29(20(3)50)37(59)44-19(2)32(54)48-30(21(4)51)38(60)47-26/h8-11,18-21,24-27,29-30,50-51H,5-7,12-17,39-40H2,1-4H3,(H2,41,52)(H2,42,53)(H,43,57)(H,44,59)(H,45,58)(H,46,55)(H,47,60)(H,48,54)(H,49,56)/t18-,19-,20+,21+,24-,25-,26-,27-,29-,30-/m0/s1. The topological polar surface area (TPSA) is 382 Å². The second-order valence-electron chi connectivity index (χ2n) is 14.9. The summed E-state index contributed by atoms with van der Waals surface area (Å²) in [5.74, 6) is -7.68. The quantitative estimate of drug-likeness (QED) is 0.0652. The molecule has 0 saturated carbocycles. The molecule has 62 heavy (non-hydrogen) atoms. The summed E-state index contributed by atoms with van der Waals surface area (Å²) >= 11 is 2.52. The number of hydrogen-bond acceptors (Lipinski definition) is 15. The molecule has 0 unspecified atom stereocenters. The van der Waals surface area contributed by atoms with E-state index in [0.29, 0.717) is 30.9 Å². The maximum Gasteiger partial charge on any atom is 0.245 e. The predicted molar refractivity (Wildman–Crippen MR) is 231 cm³/mol. The van der Waals surface area contributed by atoms with Crippen molar-refractivity contribution >= 4 is 76.7 Å². The maximum absolute atomic E-state index is 13.8. The third-order valence-corrected chi connectivity index (χ3v) is 11.6. The summed E-state index contributed by atoms with van der Waals surface area (Å²) in [4.78, 5) is 118. The molecule has 17 N–H and O–H groups in total. The minimum absolute atomic E-state index is 0.0201. The van der Waals surface area contributed by atoms with Gasteiger partial charge in [0.05, 0.1) is 24.7 Å². The Kier molecular flexibility index (Phi) is 22.7. The number of unbranched alkanes of at least 4 members (excludes halogenated alkanes) is 1. The van der Waals surface area contributed by atoms with Gasteiger partial charge in [-0.05, 0) is 58.2 Å². The van der Waals surface area contributed by atoms with Crippen molar-refractivity contribution in [2.45, 2.75) is 125 Å². The summed E-state index contributed by atoms with van der Waals surface area (Å²) in [5.41, 5.74) is 24.0. The van der Waals surface area contributed by atoms with Gasteiger partial charge in [0.25, 0.3) is 0 Å². The first-order valence-electron chi connectivity index (χ1n) is 19.9. The van der Waals surface area contributed by atoms with Gasteiger partial charge in [0.1, 0.15) is 42.3 Å². The molecular weight excluding hydrogens is 851 g/mol. The number of primary amides is 2. The van der Waals surface area contributed by atoms with Crippen LogP contribution in [0.15, 0.2) is 24.3 Å². The summed E-state index contributed by atoms with van der Waals surface area (Å²) in [5, 5.41) is 37.9. The monoisotopic (exact) mass is 911 g/mol. The number of hydrogen-bond donors (Lipinski definition) is 13. The highest BCUT2D eigenvalue weighted by Gasteiger charge is 2.36. The molecule has 1 aromatic rings. The third kappa shape index (κ3) is 18.1. The number of carbonyl (C=O) groups excluding carboxylic acids is 9. The van der Waals surface area contributed by atoms with E-state index in [9.17, 15) is 53.4 Å². The first kappa shape index (κ1) is 53.1. The van der Waals surface area contributed by atoms with Gasteiger partial charge in [0.15, 0.2) is 0 Å². The Balaban J connectivity index is 2.53. The molecule has 9 amide bonds. The van der Waals surface area contributed by atoms with E-state index < -0.39 is 120 Å². The molecule has 3 rings (SSSR count). The molecule has 2 bridgehead atoms. The summed E-state index contributed by atoms with van der Waals surface area (Å²) in [6.07, 6.45) is -2.44. The maximum atomic E-state index is 13.8. The number of thioether (sulfide) groups is 2. The van der Waals surface area contributed by atoms with Crippen LogP contribution in [0, 0.1) is 0 Å². The smallest absolute Gasteiger partial charge is 0.245 e. The van der Waals surface area contributed by atoms with Gasteiger partial charge in [-0.2, -0.15) is 23.5 Å². The van der Waals surface area contributed by atoms with Gasteiger partial charge >= 0.3 is 0 Å². The summed E-state index contributed by atoms with van der Waals surface area (Å²) in [7, 11) is 0. The Morgan fingerprint density at radius 2 is 1.29 bits per heavy atom. The average molecular weight is 912 g/mol. The number of nitrogens with one attached hydrogen (secondary N) is 7. The Morgan fingerprint density at radius 1 is 0.758 bits per heavy atom. The Morgan fingerprint density at radius 3 is 1.81 bits per heavy atom. The Bertz CT molecular complexity index is 1740. The van der Waals surface area contributed by atoms with Crippen LogP contribution in [0.2, 0.25) is 0 Å². The zero-order valence-electron chi connectivity index (χ0n) is 35.1. The molecule has 10 atom stereocenters. The first-order chi connectivity index (χ1) is 29.1. The Labute approximate surface area is 368 Å². The van der Waals surface area contributed by atoms with Crippen molar-refractivity contribution in [1.29, 1.82) is 0 Å². The minimum Gasteiger partial charge on any atom is -0.391 e. The van der Waals surface area contributed by atoms with E-state index in [-0.39, 0.29) is 17.9 Å². The average Bonchev–Trinajstić information content (AvgIpc) is 3.20. The zero-order chi connectivity index (χ0) is 46.7. The number of aliphatic hydroxyl groups excluding tert-OH is 2. The van der Waals surface area contributed by atoms with Crippen LogP contribution in [0.1, 0.15) is 64.5 Å². The van der Waals surface area contributed by atoms with Gasteiger partial charge in [-0.3, -0.25) is 43.2 Å². The second-order valence-corrected chi connectivity index (χ2v) is 17.0. The lowest BCUT2D eigenvalue weighted by Gasteiger charge is -2.28. The van der Waals surface area contributed by atoms with Crippen LogP contribution < -0.4 is 60.2 Å². The lowest BCUT2D eigenvalue weighted by molar-refractivity contribution is -0.137. The van der Waals surface area contributed by atoms with Gasteiger partial charge in [0.2, 0.25) is 53.2 Å². The van der Waals surface area contributed by atoms with Crippen molar-refractivity contribution in [3.8, 4) is 0 Å². The Hall–Kier alpha value is -5.01. The molecule has 0 aliphatic carbocycles. The van der Waals surface area contributed by atoms with Gasteiger partial charge in [0, 0.05) is 23.0 Å². The number of aliphatic hydroxyl groups is 2. The van der Waals surface area contributed by atoms with E-state index in [1.165, 1.54) is 44.3 Å². The predicted octanol–water partition coefficient (Wildman–Crippen LogP) is -4.82. The molecule has 2 aliphatic rings. The third-order valence-electron chi connectivity index (χ3n) is 9.40. The van der Waals surface area contributed by atoms with E-state index >= 15 is 0 Å². The van der Waals surface area contributed by atoms with E-state index in [4.69, 9.17) is 22.9 Å². The van der Waals surface area contributed by atoms with E-state index in [1.54, 1.807) is 0 Å². The molecule has 346 valence electrons. The lowest BCUT2D eigenvalue weighted by atomic mass is 10.1. The van der Waals surface area contributed by atoms with Crippen molar-refractivity contribution in [3.63, 3.8) is 0 Å². The van der Waals surface area contributed by atoms with Crippen molar-refractivity contribution < 1.29 is 53.4 Å². The number of rotatable bonds is 13. The van der Waals surface area contributed by atoms with E-state index in [1.807, 2.05) is 24.3 Å². The fourth-order valence-electron chi connectivity index (χ4n) is 5.65. The largest absolute Gasteiger partial charge is 0.391 e. The van der Waals surface area contributed by atoms with Crippen LogP contribution >= 0.6 is 23.5 Å². The van der Waals surface area contributed by atoms with Crippen molar-refractivity contribution in [3.05, 3.63) is 35.4 Å². The highest BCUT2D eigenvalue weighted by Crippen LogP contribution is 2.19. The molecule has 0 aromatic heterocycles. The van der Waals surface area contributed by atoms with Crippen molar-refractivity contribution in [2.75, 3.05) is 18.1 Å². The van der Waals surface area contributed by atoms with Gasteiger partial charge in [-0.1, -0.05) is 30.7 Å². The van der Waals surface area contributed by atoms with Crippen LogP contribution in [0.25, 0.3) is 0 Å². The fourth-order valence-corrected chi connectivity index (χ4v) is 7.68. The lowest BCUT2D eigenvalue weighted by Crippen LogP contribution is -2.62. The molecule has 24 heteroatoms. The van der Waals surface area contributed by atoms with Crippen LogP contribution in [0.4, 0.5) is 0 Å². The van der Waals surface area contributed by atoms with E-state index in [2.05, 4.69) is 37.2 Å². The van der Waals surface area contributed by atoms with Gasteiger partial charge < -0.3 is 70.4 Å². The molecule has 2 heterocycles. The molecule has 0 radical (unpaired) electrons. The van der Waals surface area contributed by atoms with Crippen molar-refractivity contribution in [2.24, 2.45) is 22.9 Å². The molecule has 0 fully saturated rings. The summed E-state index contributed by atoms with van der Waals surface area (Å²) in [6, 6.07) is -3.93. The molecule has 0 saturated heterocycles. The van der Waals surface area contributed by atoms with Crippen LogP contribution in [-0.4, -0.2) is 142 Å². The van der Waals surface area contributed by atoms with Gasteiger partial charge in [-0.25, -0.2) is 0 Å².